The van der Waals surface area contributed by atoms with Crippen molar-refractivity contribution in [3.05, 3.63) is 59.9 Å². The highest BCUT2D eigenvalue weighted by atomic mass is 32.1. The van der Waals surface area contributed by atoms with Gasteiger partial charge in [0.2, 0.25) is 5.91 Å². The molecule has 1 amide bonds. The molecule has 3 heterocycles. The van der Waals surface area contributed by atoms with Crippen LogP contribution in [0.4, 0.5) is 32.8 Å². The molecule has 13 heteroatoms. The number of benzene rings is 2. The summed E-state index contributed by atoms with van der Waals surface area (Å²) >= 11 is 0.696. The van der Waals surface area contributed by atoms with Crippen LogP contribution in [0, 0.1) is 23.0 Å². The zero-order chi connectivity index (χ0) is 28.2. The SMILES string of the molecule is C=CC(=O)N1CC[C@@H](N(C)c2ncnc3c(F)c(-c4ccc(F)c5sc(N)c(C#N)c45)c(C(F)(F)F)cc23)C1. The number of thiophene rings is 1. The molecule has 39 heavy (non-hydrogen) atoms. The molecule has 0 bridgehead atoms. The van der Waals surface area contributed by atoms with E-state index in [-0.39, 0.29) is 61.4 Å². The Morgan fingerprint density at radius 3 is 2.74 bits per heavy atom. The number of hydrogen-bond donors (Lipinski definition) is 1. The van der Waals surface area contributed by atoms with E-state index in [4.69, 9.17) is 5.73 Å². The van der Waals surface area contributed by atoms with E-state index < -0.39 is 28.9 Å². The minimum atomic E-state index is -5.04. The number of hydrogen-bond acceptors (Lipinski definition) is 7. The summed E-state index contributed by atoms with van der Waals surface area (Å²) in [5.74, 6) is -2.32. The number of nitrogens with zero attached hydrogens (tertiary/aromatic N) is 5. The minimum absolute atomic E-state index is 0.0515. The molecule has 1 saturated heterocycles. The summed E-state index contributed by atoms with van der Waals surface area (Å²) in [5, 5.41) is 9.10. The Balaban J connectivity index is 1.75. The van der Waals surface area contributed by atoms with Crippen LogP contribution in [-0.2, 0) is 11.0 Å². The van der Waals surface area contributed by atoms with E-state index in [1.54, 1.807) is 22.9 Å². The second kappa shape index (κ2) is 9.46. The maximum absolute atomic E-state index is 16.2. The number of fused-ring (bicyclic) bond motifs is 2. The molecule has 0 aliphatic carbocycles. The monoisotopic (exact) mass is 558 g/mol. The second-order valence-electron chi connectivity index (χ2n) is 9.00. The average Bonchev–Trinajstić information content (AvgIpc) is 3.53. The van der Waals surface area contributed by atoms with E-state index in [1.165, 1.54) is 6.08 Å². The van der Waals surface area contributed by atoms with Gasteiger partial charge in [-0.3, -0.25) is 4.79 Å². The Hall–Kier alpha value is -4.31. The van der Waals surface area contributed by atoms with Gasteiger partial charge in [0.1, 0.15) is 34.5 Å². The van der Waals surface area contributed by atoms with Gasteiger partial charge in [0.15, 0.2) is 5.82 Å². The highest BCUT2D eigenvalue weighted by molar-refractivity contribution is 7.23. The van der Waals surface area contributed by atoms with Gasteiger partial charge in [-0.2, -0.15) is 18.4 Å². The highest BCUT2D eigenvalue weighted by Gasteiger charge is 2.38. The van der Waals surface area contributed by atoms with E-state index in [1.807, 2.05) is 0 Å². The Labute approximate surface area is 222 Å². The van der Waals surface area contributed by atoms with Crippen LogP contribution in [0.25, 0.3) is 32.1 Å². The number of halogens is 5. The largest absolute Gasteiger partial charge is 0.417 e. The van der Waals surface area contributed by atoms with Crippen molar-refractivity contribution >= 4 is 49.1 Å². The molecule has 0 saturated carbocycles. The maximum atomic E-state index is 16.2. The topological polar surface area (TPSA) is 99.1 Å². The number of likely N-dealkylation sites (N-methyl/N-ethyl adjacent to an activating group) is 1. The molecule has 1 aliphatic rings. The van der Waals surface area contributed by atoms with E-state index >= 15 is 4.39 Å². The normalized spacial score (nSPS) is 15.6. The first-order valence-electron chi connectivity index (χ1n) is 11.6. The summed E-state index contributed by atoms with van der Waals surface area (Å²) in [7, 11) is 1.60. The van der Waals surface area contributed by atoms with Crippen LogP contribution >= 0.6 is 11.3 Å². The first-order chi connectivity index (χ1) is 18.5. The molecule has 2 aromatic carbocycles. The zero-order valence-electron chi connectivity index (χ0n) is 20.3. The van der Waals surface area contributed by atoms with Gasteiger partial charge in [0.05, 0.1) is 15.8 Å². The lowest BCUT2D eigenvalue weighted by Gasteiger charge is -2.27. The molecule has 200 valence electrons. The molecule has 5 rings (SSSR count). The molecule has 0 unspecified atom stereocenters. The van der Waals surface area contributed by atoms with Crippen LogP contribution in [0.2, 0.25) is 0 Å². The third-order valence-corrected chi connectivity index (χ3v) is 7.91. The third-order valence-electron chi connectivity index (χ3n) is 6.88. The summed E-state index contributed by atoms with van der Waals surface area (Å²) in [5.41, 5.74) is 2.68. The number of likely N-dealkylation sites (tertiary alicyclic amines) is 1. The van der Waals surface area contributed by atoms with Gasteiger partial charge in [0.25, 0.3) is 0 Å². The van der Waals surface area contributed by atoms with Crippen molar-refractivity contribution in [1.82, 2.24) is 14.9 Å². The Kier molecular flexibility index (Phi) is 6.38. The van der Waals surface area contributed by atoms with Crippen molar-refractivity contribution in [2.24, 2.45) is 0 Å². The second-order valence-corrected chi connectivity index (χ2v) is 10.1. The van der Waals surface area contributed by atoms with Crippen LogP contribution < -0.4 is 10.6 Å². The first kappa shape index (κ1) is 26.3. The number of amides is 1. The smallest absolute Gasteiger partial charge is 0.389 e. The van der Waals surface area contributed by atoms with Gasteiger partial charge in [0, 0.05) is 42.5 Å². The lowest BCUT2D eigenvalue weighted by atomic mass is 9.92. The van der Waals surface area contributed by atoms with Crippen molar-refractivity contribution in [2.75, 3.05) is 30.8 Å². The molecule has 1 atom stereocenters. The fourth-order valence-electron chi connectivity index (χ4n) is 4.98. The molecule has 4 aromatic rings. The summed E-state index contributed by atoms with van der Waals surface area (Å²) in [4.78, 5) is 23.2. The summed E-state index contributed by atoms with van der Waals surface area (Å²) < 4.78 is 74.0. The van der Waals surface area contributed by atoms with Crippen molar-refractivity contribution < 1.29 is 26.7 Å². The van der Waals surface area contributed by atoms with Crippen molar-refractivity contribution in [1.29, 1.82) is 5.26 Å². The number of alkyl halides is 3. The number of carbonyl (C=O) groups is 1. The quantitative estimate of drug-likeness (QED) is 0.263. The molecular formula is C26H19F5N6OS. The number of rotatable bonds is 4. The van der Waals surface area contributed by atoms with E-state index in [0.29, 0.717) is 24.3 Å². The van der Waals surface area contributed by atoms with Gasteiger partial charge in [-0.15, -0.1) is 11.3 Å². The number of carbonyl (C=O) groups excluding carboxylic acids is 1. The lowest BCUT2D eigenvalue weighted by Crippen LogP contribution is -2.36. The van der Waals surface area contributed by atoms with E-state index in [2.05, 4.69) is 16.5 Å². The number of aromatic nitrogens is 2. The molecular weight excluding hydrogens is 539 g/mol. The van der Waals surface area contributed by atoms with Crippen molar-refractivity contribution in [3.63, 3.8) is 0 Å². The summed E-state index contributed by atoms with van der Waals surface area (Å²) in [6.07, 6.45) is -2.30. The van der Waals surface area contributed by atoms with Crippen molar-refractivity contribution in [3.8, 4) is 17.2 Å². The number of nitrogens with two attached hydrogens (primary N) is 1. The zero-order valence-corrected chi connectivity index (χ0v) is 21.1. The average molecular weight is 559 g/mol. The Morgan fingerprint density at radius 2 is 2.08 bits per heavy atom. The van der Waals surface area contributed by atoms with Gasteiger partial charge in [-0.05, 0) is 30.2 Å². The third kappa shape index (κ3) is 4.21. The molecule has 1 aliphatic heterocycles. The van der Waals surface area contributed by atoms with Crippen LogP contribution in [0.5, 0.6) is 0 Å². The molecule has 1 fully saturated rings. The highest BCUT2D eigenvalue weighted by Crippen LogP contribution is 2.47. The van der Waals surface area contributed by atoms with Crippen LogP contribution in [0.3, 0.4) is 0 Å². The van der Waals surface area contributed by atoms with Gasteiger partial charge in [-0.25, -0.2) is 18.7 Å². The van der Waals surface area contributed by atoms with Crippen LogP contribution in [0.15, 0.2) is 37.2 Å². The lowest BCUT2D eigenvalue weighted by molar-refractivity contribution is -0.137. The molecule has 0 spiro atoms. The number of anilines is 2. The van der Waals surface area contributed by atoms with E-state index in [0.717, 1.165) is 24.5 Å². The molecule has 2 aromatic heterocycles. The first-order valence-corrected chi connectivity index (χ1v) is 12.4. The molecule has 7 nitrogen and oxygen atoms in total. The Morgan fingerprint density at radius 1 is 1.33 bits per heavy atom. The Bertz CT molecular complexity index is 1710. The predicted octanol–water partition coefficient (Wildman–Crippen LogP) is 5.49. The van der Waals surface area contributed by atoms with Crippen LogP contribution in [0.1, 0.15) is 17.5 Å². The van der Waals surface area contributed by atoms with E-state index in [9.17, 15) is 27.6 Å². The summed E-state index contributed by atoms with van der Waals surface area (Å²) in [6.45, 7) is 4.17. The fraction of sp³-hybridized carbons (Fsp3) is 0.231. The summed E-state index contributed by atoms with van der Waals surface area (Å²) in [6, 6.07) is 4.17. The predicted molar refractivity (Wildman–Crippen MR) is 138 cm³/mol. The van der Waals surface area contributed by atoms with Gasteiger partial charge >= 0.3 is 6.18 Å². The number of nitrogen functional groups attached to an aromatic ring is 1. The van der Waals surface area contributed by atoms with Crippen molar-refractivity contribution in [2.45, 2.75) is 18.6 Å². The number of nitriles is 1. The molecule has 0 radical (unpaired) electrons. The molecule has 2 N–H and O–H groups in total. The minimum Gasteiger partial charge on any atom is -0.389 e. The fourth-order valence-corrected chi connectivity index (χ4v) is 5.93. The van der Waals surface area contributed by atoms with Crippen LogP contribution in [-0.4, -0.2) is 47.0 Å². The standard InChI is InChI=1S/C26H19F5N6OS/c1-3-18(38)37-7-6-12(10-37)36(2)25-14-8-16(26(29,30)31)20(21(28)22(14)34-11-35-25)13-4-5-17(27)23-19(13)15(9-32)24(33)39-23/h3-5,8,11-12H,1,6-7,10,33H2,2H3/t12-/m1/s1. The van der Waals surface area contributed by atoms with Gasteiger partial charge in [-0.1, -0.05) is 12.6 Å². The maximum Gasteiger partial charge on any atom is 0.417 e. The van der Waals surface area contributed by atoms with Gasteiger partial charge < -0.3 is 15.5 Å².